The molecule has 0 aliphatic heterocycles. The van der Waals surface area contributed by atoms with E-state index >= 15 is 0 Å². The summed E-state index contributed by atoms with van der Waals surface area (Å²) < 4.78 is 0. The van der Waals surface area contributed by atoms with E-state index in [1.807, 2.05) is 18.2 Å². The molecule has 2 aliphatic carbocycles. The molecule has 3 atom stereocenters. The molecule has 1 aromatic carbocycles. The molecule has 0 spiro atoms. The summed E-state index contributed by atoms with van der Waals surface area (Å²) in [5.41, 5.74) is 1.19. The molecule has 4 rings (SSSR count). The number of carbonyl (C=O) groups is 1. The number of carbonyl (C=O) groups excluding carboxylic acids is 1. The Bertz CT molecular complexity index is 702. The second kappa shape index (κ2) is 6.97. The van der Waals surface area contributed by atoms with Gasteiger partial charge in [-0.25, -0.2) is 4.98 Å². The number of hydrogen-bond donors (Lipinski definition) is 2. The van der Waals surface area contributed by atoms with Crippen molar-refractivity contribution in [2.75, 3.05) is 5.75 Å². The third-order valence-electron chi connectivity index (χ3n) is 5.14. The zero-order valence-electron chi connectivity index (χ0n) is 13.6. The molecule has 2 saturated carbocycles. The van der Waals surface area contributed by atoms with Crippen molar-refractivity contribution in [2.24, 2.45) is 11.8 Å². The molecule has 1 heterocycles. The molecule has 0 radical (unpaired) electrons. The van der Waals surface area contributed by atoms with Gasteiger partial charge in [0, 0.05) is 12.5 Å². The highest BCUT2D eigenvalue weighted by atomic mass is 32.2. The predicted molar refractivity (Wildman–Crippen MR) is 93.7 cm³/mol. The first-order valence-electron chi connectivity index (χ1n) is 8.63. The Balaban J connectivity index is 1.25. The minimum Gasteiger partial charge on any atom is -0.352 e. The van der Waals surface area contributed by atoms with Crippen LogP contribution in [0.15, 0.2) is 35.5 Å². The molecule has 0 saturated heterocycles. The molecule has 2 aromatic rings. The molecule has 126 valence electrons. The Kier molecular flexibility index (Phi) is 4.56. The van der Waals surface area contributed by atoms with Gasteiger partial charge in [0.1, 0.15) is 5.82 Å². The van der Waals surface area contributed by atoms with Crippen LogP contribution in [0, 0.1) is 11.8 Å². The van der Waals surface area contributed by atoms with Crippen LogP contribution < -0.4 is 5.32 Å². The number of H-pyrrole nitrogens is 1. The Morgan fingerprint density at radius 3 is 2.88 bits per heavy atom. The van der Waals surface area contributed by atoms with Gasteiger partial charge in [0.05, 0.1) is 5.75 Å². The standard InChI is InChI=1S/C18H22N4OS/c23-17(19-15-9-13-6-7-14(15)8-13)11-24-18-20-16(21-22-18)10-12-4-2-1-3-5-12/h1-5,13-15H,6-11H2,(H,19,23)(H,20,21,22)/t13-,14-,15+/m1/s1. The van der Waals surface area contributed by atoms with Crippen molar-refractivity contribution < 1.29 is 4.79 Å². The van der Waals surface area contributed by atoms with Crippen LogP contribution in [0.1, 0.15) is 37.1 Å². The van der Waals surface area contributed by atoms with Crippen molar-refractivity contribution in [1.82, 2.24) is 20.5 Å². The third kappa shape index (κ3) is 3.64. The molecule has 2 aliphatic rings. The maximum Gasteiger partial charge on any atom is 0.230 e. The van der Waals surface area contributed by atoms with Gasteiger partial charge in [-0.1, -0.05) is 48.5 Å². The van der Waals surface area contributed by atoms with Crippen LogP contribution in [-0.4, -0.2) is 32.9 Å². The SMILES string of the molecule is O=C(CSc1n[nH]c(Cc2ccccc2)n1)N[C@H]1C[C@@H]2CC[C@@H]1C2. The van der Waals surface area contributed by atoms with Gasteiger partial charge >= 0.3 is 0 Å². The van der Waals surface area contributed by atoms with Gasteiger partial charge in [0.25, 0.3) is 0 Å². The van der Waals surface area contributed by atoms with E-state index in [4.69, 9.17) is 0 Å². The molecule has 5 nitrogen and oxygen atoms in total. The van der Waals surface area contributed by atoms with Gasteiger partial charge in [-0.05, 0) is 36.7 Å². The molecule has 6 heteroatoms. The zero-order valence-corrected chi connectivity index (χ0v) is 14.4. The van der Waals surface area contributed by atoms with Crippen LogP contribution in [0.25, 0.3) is 0 Å². The molecule has 2 N–H and O–H groups in total. The highest BCUT2D eigenvalue weighted by molar-refractivity contribution is 7.99. The van der Waals surface area contributed by atoms with Gasteiger partial charge in [0.15, 0.2) is 0 Å². The lowest BCUT2D eigenvalue weighted by Crippen LogP contribution is -2.39. The van der Waals surface area contributed by atoms with E-state index in [2.05, 4.69) is 32.6 Å². The lowest BCUT2D eigenvalue weighted by molar-refractivity contribution is -0.119. The number of rotatable bonds is 6. The van der Waals surface area contributed by atoms with Crippen LogP contribution in [0.4, 0.5) is 0 Å². The number of nitrogens with zero attached hydrogens (tertiary/aromatic N) is 2. The second-order valence-electron chi connectivity index (χ2n) is 6.86. The molecule has 1 amide bonds. The Morgan fingerprint density at radius 2 is 2.12 bits per heavy atom. The largest absolute Gasteiger partial charge is 0.352 e. The fourth-order valence-electron chi connectivity index (χ4n) is 4.01. The summed E-state index contributed by atoms with van der Waals surface area (Å²) in [6.45, 7) is 0. The first-order chi connectivity index (χ1) is 11.8. The Labute approximate surface area is 146 Å². The third-order valence-corrected chi connectivity index (χ3v) is 5.99. The number of fused-ring (bicyclic) bond motifs is 2. The first-order valence-corrected chi connectivity index (χ1v) is 9.62. The molecule has 24 heavy (non-hydrogen) atoms. The smallest absolute Gasteiger partial charge is 0.230 e. The zero-order chi connectivity index (χ0) is 16.4. The highest BCUT2D eigenvalue weighted by Crippen LogP contribution is 2.44. The summed E-state index contributed by atoms with van der Waals surface area (Å²) in [7, 11) is 0. The normalized spacial score (nSPS) is 25.1. The van der Waals surface area contributed by atoms with Gasteiger partial charge in [-0.3, -0.25) is 9.89 Å². The van der Waals surface area contributed by atoms with E-state index in [0.29, 0.717) is 22.9 Å². The lowest BCUT2D eigenvalue weighted by atomic mass is 9.95. The number of aromatic amines is 1. The van der Waals surface area contributed by atoms with E-state index in [-0.39, 0.29) is 5.91 Å². The van der Waals surface area contributed by atoms with Crippen molar-refractivity contribution in [2.45, 2.75) is 43.3 Å². The lowest BCUT2D eigenvalue weighted by Gasteiger charge is -2.22. The fourth-order valence-corrected chi connectivity index (χ4v) is 4.64. The van der Waals surface area contributed by atoms with Crippen LogP contribution in [0.5, 0.6) is 0 Å². The quantitative estimate of drug-likeness (QED) is 0.792. The molecular formula is C18H22N4OS. The van der Waals surface area contributed by atoms with Crippen molar-refractivity contribution >= 4 is 17.7 Å². The number of hydrogen-bond acceptors (Lipinski definition) is 4. The first kappa shape index (κ1) is 15.7. The molecule has 0 unspecified atom stereocenters. The molecule has 1 aromatic heterocycles. The van der Waals surface area contributed by atoms with Crippen LogP contribution in [0.3, 0.4) is 0 Å². The summed E-state index contributed by atoms with van der Waals surface area (Å²) in [6.07, 6.45) is 5.84. The molecule has 2 bridgehead atoms. The Morgan fingerprint density at radius 1 is 1.25 bits per heavy atom. The number of aromatic nitrogens is 3. The monoisotopic (exact) mass is 342 g/mol. The van der Waals surface area contributed by atoms with Gasteiger partial charge in [-0.2, -0.15) is 0 Å². The number of nitrogens with one attached hydrogen (secondary N) is 2. The number of amides is 1. The predicted octanol–water partition coefficient (Wildman–Crippen LogP) is 2.79. The second-order valence-corrected chi connectivity index (χ2v) is 7.81. The number of benzene rings is 1. The average Bonchev–Trinajstić information content (AvgIpc) is 3.31. The summed E-state index contributed by atoms with van der Waals surface area (Å²) in [4.78, 5) is 16.6. The Hall–Kier alpha value is -1.82. The van der Waals surface area contributed by atoms with E-state index in [1.54, 1.807) is 0 Å². The maximum absolute atomic E-state index is 12.1. The summed E-state index contributed by atoms with van der Waals surface area (Å²) in [5.74, 6) is 2.88. The topological polar surface area (TPSA) is 70.7 Å². The van der Waals surface area contributed by atoms with Crippen molar-refractivity contribution in [3.05, 3.63) is 41.7 Å². The van der Waals surface area contributed by atoms with E-state index < -0.39 is 0 Å². The molecule has 2 fully saturated rings. The summed E-state index contributed by atoms with van der Waals surface area (Å²) >= 11 is 1.40. The van der Waals surface area contributed by atoms with Gasteiger partial charge in [-0.15, -0.1) is 5.10 Å². The van der Waals surface area contributed by atoms with Crippen LogP contribution in [0.2, 0.25) is 0 Å². The average molecular weight is 342 g/mol. The van der Waals surface area contributed by atoms with Crippen molar-refractivity contribution in [3.63, 3.8) is 0 Å². The van der Waals surface area contributed by atoms with Crippen molar-refractivity contribution in [3.8, 4) is 0 Å². The summed E-state index contributed by atoms with van der Waals surface area (Å²) in [5, 5.41) is 11.0. The molecular weight excluding hydrogens is 320 g/mol. The van der Waals surface area contributed by atoms with Crippen LogP contribution >= 0.6 is 11.8 Å². The van der Waals surface area contributed by atoms with E-state index in [0.717, 1.165) is 18.2 Å². The minimum atomic E-state index is 0.104. The summed E-state index contributed by atoms with van der Waals surface area (Å²) in [6, 6.07) is 10.6. The fraction of sp³-hybridized carbons (Fsp3) is 0.500. The van der Waals surface area contributed by atoms with Gasteiger partial charge < -0.3 is 5.32 Å². The van der Waals surface area contributed by atoms with Gasteiger partial charge in [0.2, 0.25) is 11.1 Å². The number of thioether (sulfide) groups is 1. The maximum atomic E-state index is 12.1. The minimum absolute atomic E-state index is 0.104. The van der Waals surface area contributed by atoms with Crippen LogP contribution in [-0.2, 0) is 11.2 Å². The van der Waals surface area contributed by atoms with E-state index in [1.165, 1.54) is 43.0 Å². The van der Waals surface area contributed by atoms with Crippen molar-refractivity contribution in [1.29, 1.82) is 0 Å². The van der Waals surface area contributed by atoms with E-state index in [9.17, 15) is 4.79 Å². The highest BCUT2D eigenvalue weighted by Gasteiger charge is 2.39.